The number of aliphatic hydroxyl groups excluding tert-OH is 1. The first kappa shape index (κ1) is 25.6. The number of H-pyrrole nitrogens is 1. The molecule has 0 atom stereocenters. The lowest BCUT2D eigenvalue weighted by atomic mass is 10.0. The van der Waals surface area contributed by atoms with Crippen LogP contribution in [0.15, 0.2) is 88.6 Å². The van der Waals surface area contributed by atoms with Gasteiger partial charge >= 0.3 is 6.18 Å². The van der Waals surface area contributed by atoms with Gasteiger partial charge in [-0.25, -0.2) is 8.42 Å². The Labute approximate surface area is 205 Å². The van der Waals surface area contributed by atoms with Gasteiger partial charge in [-0.2, -0.15) is 17.5 Å². The number of aromatic nitrogens is 1. The van der Waals surface area contributed by atoms with Crippen molar-refractivity contribution < 1.29 is 26.7 Å². The molecule has 36 heavy (non-hydrogen) atoms. The highest BCUT2D eigenvalue weighted by Gasteiger charge is 2.33. The largest absolute Gasteiger partial charge is 0.417 e. The van der Waals surface area contributed by atoms with Crippen LogP contribution in [0.25, 0.3) is 10.9 Å². The Kier molecular flexibility index (Phi) is 7.30. The number of fused-ring (bicyclic) bond motifs is 1. The molecule has 2 N–H and O–H groups in total. The van der Waals surface area contributed by atoms with Crippen molar-refractivity contribution in [1.82, 2.24) is 9.29 Å². The van der Waals surface area contributed by atoms with Crippen molar-refractivity contribution >= 4 is 20.9 Å². The molecule has 0 aliphatic heterocycles. The molecule has 0 saturated carbocycles. The SMILES string of the molecule is O=c1cc(C(F)(F)F)c2cc(Cc3ccc(S(=O)(=O)N(CCO)Cc4ccccc4)cc3)ccc2[nH]1. The molecule has 0 aliphatic rings. The first-order valence-corrected chi connectivity index (χ1v) is 12.5. The monoisotopic (exact) mass is 516 g/mol. The molecule has 6 nitrogen and oxygen atoms in total. The van der Waals surface area contributed by atoms with Gasteiger partial charge in [-0.1, -0.05) is 48.5 Å². The topological polar surface area (TPSA) is 90.5 Å². The predicted molar refractivity (Wildman–Crippen MR) is 130 cm³/mol. The van der Waals surface area contributed by atoms with E-state index in [4.69, 9.17) is 0 Å². The molecule has 4 aromatic rings. The number of aromatic amines is 1. The molecule has 0 fully saturated rings. The minimum absolute atomic E-state index is 0.0473. The molecule has 10 heteroatoms. The Balaban J connectivity index is 1.59. The molecule has 3 aromatic carbocycles. The molecule has 0 amide bonds. The number of pyridine rings is 1. The van der Waals surface area contributed by atoms with Gasteiger partial charge in [-0.05, 0) is 47.4 Å². The van der Waals surface area contributed by atoms with Crippen LogP contribution in [0.5, 0.6) is 0 Å². The van der Waals surface area contributed by atoms with Gasteiger partial charge in [-0.3, -0.25) is 4.79 Å². The number of halogens is 3. The van der Waals surface area contributed by atoms with E-state index in [2.05, 4.69) is 4.98 Å². The van der Waals surface area contributed by atoms with Crippen molar-refractivity contribution in [2.75, 3.05) is 13.2 Å². The fourth-order valence-corrected chi connectivity index (χ4v) is 5.41. The lowest BCUT2D eigenvalue weighted by Crippen LogP contribution is -2.33. The fraction of sp³-hybridized carbons (Fsp3) is 0.192. The Bertz CT molecular complexity index is 1520. The standard InChI is InChI=1S/C26H23F3N2O4S/c27-26(28,29)23-16-25(33)30-24-11-8-20(15-22(23)24)14-18-6-9-21(10-7-18)36(34,35)31(12-13-32)17-19-4-2-1-3-5-19/h1-11,15-16,32H,12-14,17H2,(H,30,33). The maximum absolute atomic E-state index is 13.4. The normalized spacial score (nSPS) is 12.4. The zero-order valence-corrected chi connectivity index (χ0v) is 19.8. The van der Waals surface area contributed by atoms with Crippen LogP contribution in [0.3, 0.4) is 0 Å². The first-order valence-electron chi connectivity index (χ1n) is 11.0. The van der Waals surface area contributed by atoms with E-state index in [-0.39, 0.29) is 41.9 Å². The molecule has 0 spiro atoms. The minimum Gasteiger partial charge on any atom is -0.395 e. The van der Waals surface area contributed by atoms with Crippen molar-refractivity contribution in [2.24, 2.45) is 0 Å². The number of aliphatic hydroxyl groups is 1. The summed E-state index contributed by atoms with van der Waals surface area (Å²) in [4.78, 5) is 14.1. The Hall–Kier alpha value is -3.47. The molecule has 1 heterocycles. The fourth-order valence-electron chi connectivity index (χ4n) is 3.99. The van der Waals surface area contributed by atoms with Crippen LogP contribution < -0.4 is 5.56 Å². The number of sulfonamides is 1. The molecule has 188 valence electrons. The molecule has 0 saturated heterocycles. The highest BCUT2D eigenvalue weighted by Crippen LogP contribution is 2.33. The summed E-state index contributed by atoms with van der Waals surface area (Å²) in [6.45, 7) is -0.302. The lowest BCUT2D eigenvalue weighted by molar-refractivity contribution is -0.136. The van der Waals surface area contributed by atoms with Gasteiger partial charge in [0.1, 0.15) is 0 Å². The minimum atomic E-state index is -4.68. The third kappa shape index (κ3) is 5.67. The summed E-state index contributed by atoms with van der Waals surface area (Å²) < 4.78 is 67.9. The lowest BCUT2D eigenvalue weighted by Gasteiger charge is -2.21. The van der Waals surface area contributed by atoms with Crippen LogP contribution in [-0.2, 0) is 29.2 Å². The Morgan fingerprint density at radius 1 is 0.861 bits per heavy atom. The molecule has 1 aromatic heterocycles. The number of hydrogen-bond acceptors (Lipinski definition) is 4. The Morgan fingerprint density at radius 3 is 2.17 bits per heavy atom. The average molecular weight is 517 g/mol. The average Bonchev–Trinajstić information content (AvgIpc) is 2.84. The number of hydrogen-bond donors (Lipinski definition) is 2. The number of nitrogens with one attached hydrogen (secondary N) is 1. The maximum atomic E-state index is 13.4. The van der Waals surface area contributed by atoms with E-state index in [0.717, 1.165) is 5.56 Å². The highest BCUT2D eigenvalue weighted by atomic mass is 32.2. The second-order valence-electron chi connectivity index (χ2n) is 8.29. The van der Waals surface area contributed by atoms with Gasteiger partial charge in [0, 0.05) is 30.1 Å². The van der Waals surface area contributed by atoms with Gasteiger partial charge in [-0.15, -0.1) is 0 Å². The van der Waals surface area contributed by atoms with Crippen molar-refractivity contribution in [2.45, 2.75) is 24.0 Å². The molecular weight excluding hydrogens is 493 g/mol. The van der Waals surface area contributed by atoms with E-state index >= 15 is 0 Å². The molecule has 0 bridgehead atoms. The van der Waals surface area contributed by atoms with Gasteiger partial charge < -0.3 is 10.1 Å². The van der Waals surface area contributed by atoms with Crippen molar-refractivity contribution in [3.05, 3.63) is 111 Å². The second-order valence-corrected chi connectivity index (χ2v) is 10.2. The van der Waals surface area contributed by atoms with Crippen LogP contribution in [0.2, 0.25) is 0 Å². The summed E-state index contributed by atoms with van der Waals surface area (Å²) in [5.41, 5.74) is 0.294. The third-order valence-corrected chi connectivity index (χ3v) is 7.59. The van der Waals surface area contributed by atoms with Gasteiger partial charge in [0.05, 0.1) is 17.1 Å². The van der Waals surface area contributed by atoms with E-state index in [9.17, 15) is 31.5 Å². The molecule has 0 unspecified atom stereocenters. The number of alkyl halides is 3. The van der Waals surface area contributed by atoms with E-state index in [1.165, 1.54) is 28.6 Å². The molecular formula is C26H23F3N2O4S. The van der Waals surface area contributed by atoms with Crippen molar-refractivity contribution in [3.8, 4) is 0 Å². The summed E-state index contributed by atoms with van der Waals surface area (Å²) in [7, 11) is -3.89. The van der Waals surface area contributed by atoms with Gasteiger partial charge in [0.15, 0.2) is 0 Å². The summed E-state index contributed by atoms with van der Waals surface area (Å²) >= 11 is 0. The second kappa shape index (κ2) is 10.3. The zero-order valence-electron chi connectivity index (χ0n) is 19.0. The molecule has 0 radical (unpaired) electrons. The summed E-state index contributed by atoms with van der Waals surface area (Å²) in [6.07, 6.45) is -4.42. The van der Waals surface area contributed by atoms with Crippen LogP contribution in [0.4, 0.5) is 13.2 Å². The van der Waals surface area contributed by atoms with Crippen molar-refractivity contribution in [1.29, 1.82) is 0 Å². The molecule has 0 aliphatic carbocycles. The highest BCUT2D eigenvalue weighted by molar-refractivity contribution is 7.89. The zero-order chi connectivity index (χ0) is 25.9. The first-order chi connectivity index (χ1) is 17.1. The van der Waals surface area contributed by atoms with Crippen LogP contribution in [0, 0.1) is 0 Å². The molecule has 4 rings (SSSR count). The maximum Gasteiger partial charge on any atom is 0.417 e. The van der Waals surface area contributed by atoms with E-state index in [0.29, 0.717) is 17.2 Å². The summed E-state index contributed by atoms with van der Waals surface area (Å²) in [5, 5.41) is 9.29. The Morgan fingerprint density at radius 2 is 1.53 bits per heavy atom. The number of nitrogens with zero attached hydrogens (tertiary/aromatic N) is 1. The summed E-state index contributed by atoms with van der Waals surface area (Å²) in [5.74, 6) is 0. The van der Waals surface area contributed by atoms with E-state index < -0.39 is 27.3 Å². The van der Waals surface area contributed by atoms with Crippen LogP contribution in [0.1, 0.15) is 22.3 Å². The predicted octanol–water partition coefficient (Wildman–Crippen LogP) is 4.32. The van der Waals surface area contributed by atoms with Crippen LogP contribution >= 0.6 is 0 Å². The smallest absolute Gasteiger partial charge is 0.395 e. The van der Waals surface area contributed by atoms with E-state index in [1.54, 1.807) is 42.5 Å². The third-order valence-electron chi connectivity index (χ3n) is 5.73. The number of rotatable bonds is 8. The quantitative estimate of drug-likeness (QED) is 0.365. The summed E-state index contributed by atoms with van der Waals surface area (Å²) in [6, 6.07) is 20.1. The van der Waals surface area contributed by atoms with Gasteiger partial charge in [0.2, 0.25) is 15.6 Å². The number of benzene rings is 3. The van der Waals surface area contributed by atoms with Crippen molar-refractivity contribution in [3.63, 3.8) is 0 Å². The van der Waals surface area contributed by atoms with E-state index in [1.807, 2.05) is 6.07 Å². The van der Waals surface area contributed by atoms with Crippen LogP contribution in [-0.4, -0.2) is 36.0 Å². The van der Waals surface area contributed by atoms with Gasteiger partial charge in [0.25, 0.3) is 0 Å².